The third kappa shape index (κ3) is 3.62. The van der Waals surface area contributed by atoms with Crippen LogP contribution in [0.2, 0.25) is 0 Å². The molecule has 1 aromatic carbocycles. The van der Waals surface area contributed by atoms with Gasteiger partial charge in [-0.3, -0.25) is 4.90 Å². The molecule has 1 aliphatic carbocycles. The molecule has 0 bridgehead atoms. The lowest BCUT2D eigenvalue weighted by molar-refractivity contribution is 0.288. The zero-order chi connectivity index (χ0) is 14.7. The van der Waals surface area contributed by atoms with Crippen LogP contribution in [0.5, 0.6) is 11.5 Å². The molecule has 0 spiro atoms. The molecule has 4 nitrogen and oxygen atoms in total. The van der Waals surface area contributed by atoms with Gasteiger partial charge in [-0.05, 0) is 45.2 Å². The minimum absolute atomic E-state index is 0.554. The van der Waals surface area contributed by atoms with Gasteiger partial charge in [0.2, 0.25) is 0 Å². The molecule has 4 heteroatoms. The topological polar surface area (TPSA) is 33.7 Å². The molecule has 0 amide bonds. The number of anilines is 1. The third-order valence-corrected chi connectivity index (χ3v) is 4.20. The van der Waals surface area contributed by atoms with E-state index >= 15 is 0 Å². The van der Waals surface area contributed by atoms with Gasteiger partial charge in [-0.25, -0.2) is 0 Å². The highest BCUT2D eigenvalue weighted by Crippen LogP contribution is 2.33. The summed E-state index contributed by atoms with van der Waals surface area (Å²) in [4.78, 5) is 2.62. The quantitative estimate of drug-likeness (QED) is 0.836. The smallest absolute Gasteiger partial charge is 0.163 e. The molecule has 2 aliphatic rings. The number of nitrogens with zero attached hydrogens (tertiary/aromatic N) is 1. The molecule has 1 aliphatic heterocycles. The summed E-state index contributed by atoms with van der Waals surface area (Å²) in [5, 5.41) is 3.64. The molecule has 1 aromatic rings. The van der Waals surface area contributed by atoms with Crippen molar-refractivity contribution in [2.24, 2.45) is 0 Å². The van der Waals surface area contributed by atoms with Crippen molar-refractivity contribution >= 4 is 5.69 Å². The summed E-state index contributed by atoms with van der Waals surface area (Å²) in [6.07, 6.45) is 4.02. The molecule has 1 saturated carbocycles. The highest BCUT2D eigenvalue weighted by molar-refractivity contribution is 5.55. The van der Waals surface area contributed by atoms with Crippen LogP contribution in [0, 0.1) is 0 Å². The lowest BCUT2D eigenvalue weighted by atomic mass is 10.2. The van der Waals surface area contributed by atoms with Crippen LogP contribution in [0.4, 0.5) is 5.69 Å². The molecular weight excluding hydrogens is 264 g/mol. The van der Waals surface area contributed by atoms with Gasteiger partial charge in [0.25, 0.3) is 0 Å². The van der Waals surface area contributed by atoms with Crippen LogP contribution in [0.1, 0.15) is 33.1 Å². The average molecular weight is 290 g/mol. The second-order valence-electron chi connectivity index (χ2n) is 5.88. The van der Waals surface area contributed by atoms with Gasteiger partial charge in [-0.15, -0.1) is 0 Å². The maximum Gasteiger partial charge on any atom is 0.163 e. The first-order valence-corrected chi connectivity index (χ1v) is 8.20. The standard InChI is InChI=1S/C17H26N2O2/c1-3-20-16-8-5-13(11-17(16)21-4-2)18-14-9-10-19(12-14)15-6-7-15/h5,8,11,14-15,18H,3-4,6-7,9-10,12H2,1-2H3. The molecule has 116 valence electrons. The van der Waals surface area contributed by atoms with Gasteiger partial charge < -0.3 is 14.8 Å². The monoisotopic (exact) mass is 290 g/mol. The minimum atomic E-state index is 0.554. The van der Waals surface area contributed by atoms with Crippen molar-refractivity contribution in [3.63, 3.8) is 0 Å². The second kappa shape index (κ2) is 6.56. The van der Waals surface area contributed by atoms with Crippen molar-refractivity contribution in [2.45, 2.75) is 45.2 Å². The second-order valence-corrected chi connectivity index (χ2v) is 5.88. The number of rotatable bonds is 7. The zero-order valence-electron chi connectivity index (χ0n) is 13.1. The number of ether oxygens (including phenoxy) is 2. The van der Waals surface area contributed by atoms with Crippen LogP contribution in [-0.2, 0) is 0 Å². The Morgan fingerprint density at radius 1 is 1.10 bits per heavy atom. The van der Waals surface area contributed by atoms with Crippen LogP contribution in [0.25, 0.3) is 0 Å². The van der Waals surface area contributed by atoms with Gasteiger partial charge in [0, 0.05) is 36.9 Å². The van der Waals surface area contributed by atoms with Crippen LogP contribution >= 0.6 is 0 Å². The Morgan fingerprint density at radius 3 is 2.57 bits per heavy atom. The third-order valence-electron chi connectivity index (χ3n) is 4.20. The summed E-state index contributed by atoms with van der Waals surface area (Å²) >= 11 is 0. The normalized spacial score (nSPS) is 22.3. The van der Waals surface area contributed by atoms with E-state index < -0.39 is 0 Å². The Labute approximate surface area is 127 Å². The van der Waals surface area contributed by atoms with Gasteiger partial charge in [0.1, 0.15) is 0 Å². The van der Waals surface area contributed by atoms with Gasteiger partial charge >= 0.3 is 0 Å². The van der Waals surface area contributed by atoms with E-state index in [1.807, 2.05) is 19.9 Å². The Morgan fingerprint density at radius 2 is 1.86 bits per heavy atom. The first kappa shape index (κ1) is 14.5. The summed E-state index contributed by atoms with van der Waals surface area (Å²) in [7, 11) is 0. The van der Waals surface area contributed by atoms with E-state index in [1.165, 1.54) is 32.4 Å². The fourth-order valence-electron chi connectivity index (χ4n) is 3.05. The predicted molar refractivity (Wildman–Crippen MR) is 85.4 cm³/mol. The summed E-state index contributed by atoms with van der Waals surface area (Å²) in [5.74, 6) is 1.66. The minimum Gasteiger partial charge on any atom is -0.490 e. The summed E-state index contributed by atoms with van der Waals surface area (Å²) in [5.41, 5.74) is 1.13. The molecule has 0 aromatic heterocycles. The van der Waals surface area contributed by atoms with Crippen LogP contribution in [0.15, 0.2) is 18.2 Å². The molecule has 3 rings (SSSR count). The van der Waals surface area contributed by atoms with E-state index in [0.717, 1.165) is 23.2 Å². The largest absolute Gasteiger partial charge is 0.490 e. The van der Waals surface area contributed by atoms with Crippen molar-refractivity contribution < 1.29 is 9.47 Å². The molecule has 21 heavy (non-hydrogen) atoms. The van der Waals surface area contributed by atoms with Gasteiger partial charge in [-0.2, -0.15) is 0 Å². The summed E-state index contributed by atoms with van der Waals surface area (Å²) in [6.45, 7) is 7.71. The van der Waals surface area contributed by atoms with Crippen molar-refractivity contribution in [2.75, 3.05) is 31.6 Å². The number of hydrogen-bond donors (Lipinski definition) is 1. The summed E-state index contributed by atoms with van der Waals surface area (Å²) in [6, 6.07) is 7.58. The molecular formula is C17H26N2O2. The van der Waals surface area contributed by atoms with E-state index in [1.54, 1.807) is 0 Å². The zero-order valence-corrected chi connectivity index (χ0v) is 13.1. The molecule has 1 atom stereocenters. The van der Waals surface area contributed by atoms with Gasteiger partial charge in [0.15, 0.2) is 11.5 Å². The molecule has 1 saturated heterocycles. The summed E-state index contributed by atoms with van der Waals surface area (Å²) < 4.78 is 11.3. The highest BCUT2D eigenvalue weighted by Gasteiger charge is 2.34. The maximum atomic E-state index is 5.69. The maximum absolute atomic E-state index is 5.69. The van der Waals surface area contributed by atoms with E-state index in [0.29, 0.717) is 19.3 Å². The molecule has 1 N–H and O–H groups in total. The predicted octanol–water partition coefficient (Wildman–Crippen LogP) is 3.13. The van der Waals surface area contributed by atoms with Crippen molar-refractivity contribution in [3.05, 3.63) is 18.2 Å². The Bertz CT molecular complexity index is 474. The Balaban J connectivity index is 1.63. The van der Waals surface area contributed by atoms with Crippen molar-refractivity contribution in [1.29, 1.82) is 0 Å². The van der Waals surface area contributed by atoms with E-state index in [9.17, 15) is 0 Å². The highest BCUT2D eigenvalue weighted by atomic mass is 16.5. The number of hydrogen-bond acceptors (Lipinski definition) is 4. The van der Waals surface area contributed by atoms with Crippen LogP contribution in [0.3, 0.4) is 0 Å². The van der Waals surface area contributed by atoms with Crippen LogP contribution < -0.4 is 14.8 Å². The lowest BCUT2D eigenvalue weighted by Gasteiger charge is -2.18. The number of benzene rings is 1. The van der Waals surface area contributed by atoms with Crippen molar-refractivity contribution in [1.82, 2.24) is 4.90 Å². The SMILES string of the molecule is CCOc1ccc(NC2CCN(C3CC3)C2)cc1OCC. The van der Waals surface area contributed by atoms with E-state index in [4.69, 9.17) is 9.47 Å². The molecule has 2 fully saturated rings. The van der Waals surface area contributed by atoms with Crippen LogP contribution in [-0.4, -0.2) is 43.3 Å². The lowest BCUT2D eigenvalue weighted by Crippen LogP contribution is -2.27. The molecule has 0 radical (unpaired) electrons. The Hall–Kier alpha value is -1.42. The average Bonchev–Trinajstić information content (AvgIpc) is 3.23. The first-order chi connectivity index (χ1) is 10.3. The fourth-order valence-corrected chi connectivity index (χ4v) is 3.05. The number of nitrogens with one attached hydrogen (secondary N) is 1. The van der Waals surface area contributed by atoms with E-state index in [-0.39, 0.29) is 0 Å². The number of likely N-dealkylation sites (tertiary alicyclic amines) is 1. The van der Waals surface area contributed by atoms with Crippen molar-refractivity contribution in [3.8, 4) is 11.5 Å². The fraction of sp³-hybridized carbons (Fsp3) is 0.647. The first-order valence-electron chi connectivity index (χ1n) is 8.20. The molecule has 1 unspecified atom stereocenters. The van der Waals surface area contributed by atoms with Gasteiger partial charge in [-0.1, -0.05) is 0 Å². The Kier molecular flexibility index (Phi) is 4.54. The van der Waals surface area contributed by atoms with E-state index in [2.05, 4.69) is 22.3 Å². The molecule has 1 heterocycles. The van der Waals surface area contributed by atoms with Gasteiger partial charge in [0.05, 0.1) is 13.2 Å².